The minimum Gasteiger partial charge on any atom is -0.298 e. The van der Waals surface area contributed by atoms with Crippen LogP contribution in [0.5, 0.6) is 0 Å². The molecule has 17 heavy (non-hydrogen) atoms. The van der Waals surface area contributed by atoms with Gasteiger partial charge in [-0.25, -0.2) is 0 Å². The quantitative estimate of drug-likeness (QED) is 0.260. The zero-order valence-electron chi connectivity index (χ0n) is 10.4. The van der Waals surface area contributed by atoms with Gasteiger partial charge in [0, 0.05) is 13.1 Å². The first kappa shape index (κ1) is 14.2. The minimum atomic E-state index is 0.00324. The van der Waals surface area contributed by atoms with Gasteiger partial charge < -0.3 is 0 Å². The Balaban J connectivity index is 2.22. The van der Waals surface area contributed by atoms with Crippen LogP contribution in [0.3, 0.4) is 0 Å². The summed E-state index contributed by atoms with van der Waals surface area (Å²) in [4.78, 5) is 4.14. The molecule has 1 atom stereocenters. The van der Waals surface area contributed by atoms with E-state index in [0.29, 0.717) is 12.3 Å². The average Bonchev–Trinajstić information content (AvgIpc) is 2.35. The lowest BCUT2D eigenvalue weighted by Gasteiger charge is -2.20. The molecule has 0 aromatic carbocycles. The van der Waals surface area contributed by atoms with Crippen LogP contribution in [0.15, 0.2) is 16.6 Å². The highest BCUT2D eigenvalue weighted by Gasteiger charge is 2.13. The van der Waals surface area contributed by atoms with E-state index in [0.717, 1.165) is 38.6 Å². The standard InChI is InChI=1S/C13H20ClN3/c1-2-16-12(10-15)8-4-3-6-11-7-5-9-17-13(11)14/h7,13,17H,2-6,8-9H2,1H3/t13-/m0/s1. The average molecular weight is 254 g/mol. The number of nitrogens with zero attached hydrogens (tertiary/aromatic N) is 2. The summed E-state index contributed by atoms with van der Waals surface area (Å²) in [5.41, 5.74) is 1.97. The molecule has 0 saturated carbocycles. The van der Waals surface area contributed by atoms with Crippen LogP contribution < -0.4 is 5.32 Å². The summed E-state index contributed by atoms with van der Waals surface area (Å²) in [6.45, 7) is 3.62. The molecule has 0 radical (unpaired) electrons. The minimum absolute atomic E-state index is 0.00324. The van der Waals surface area contributed by atoms with E-state index in [1.807, 2.05) is 6.92 Å². The Bertz CT molecular complexity index is 328. The first-order valence-electron chi connectivity index (χ1n) is 6.27. The maximum atomic E-state index is 8.82. The molecular weight excluding hydrogens is 234 g/mol. The fourth-order valence-corrected chi connectivity index (χ4v) is 2.22. The number of unbranched alkanes of at least 4 members (excludes halogenated alkanes) is 1. The number of nitriles is 1. The zero-order chi connectivity index (χ0) is 12.5. The third-order valence-corrected chi connectivity index (χ3v) is 3.24. The van der Waals surface area contributed by atoms with Gasteiger partial charge in [0.2, 0.25) is 0 Å². The first-order valence-corrected chi connectivity index (χ1v) is 6.71. The molecule has 0 fully saturated rings. The van der Waals surface area contributed by atoms with Crippen molar-refractivity contribution in [3.8, 4) is 6.07 Å². The second-order valence-corrected chi connectivity index (χ2v) is 4.56. The summed E-state index contributed by atoms with van der Waals surface area (Å²) in [7, 11) is 0. The molecule has 0 unspecified atom stereocenters. The zero-order valence-corrected chi connectivity index (χ0v) is 11.1. The molecule has 0 spiro atoms. The second-order valence-electron chi connectivity index (χ2n) is 4.12. The van der Waals surface area contributed by atoms with Gasteiger partial charge in [-0.3, -0.25) is 10.3 Å². The summed E-state index contributed by atoms with van der Waals surface area (Å²) < 4.78 is 0. The lowest BCUT2D eigenvalue weighted by Crippen LogP contribution is -2.30. The highest BCUT2D eigenvalue weighted by molar-refractivity contribution is 6.22. The van der Waals surface area contributed by atoms with Crippen molar-refractivity contribution in [1.82, 2.24) is 5.32 Å². The third kappa shape index (κ3) is 5.34. The molecule has 1 heterocycles. The van der Waals surface area contributed by atoms with Gasteiger partial charge in [0.05, 0.1) is 0 Å². The number of aliphatic imine (C=N–C) groups is 1. The predicted octanol–water partition coefficient (Wildman–Crippen LogP) is 3.02. The SMILES string of the molecule is CCN=C(C#N)CCCCC1=CCCN[C@@H]1Cl. The fraction of sp³-hybridized carbons (Fsp3) is 0.692. The predicted molar refractivity (Wildman–Crippen MR) is 72.4 cm³/mol. The van der Waals surface area contributed by atoms with Gasteiger partial charge in [-0.05, 0) is 44.6 Å². The number of alkyl halides is 1. The van der Waals surface area contributed by atoms with E-state index in [4.69, 9.17) is 16.9 Å². The molecule has 0 aliphatic carbocycles. The Morgan fingerprint density at radius 2 is 2.47 bits per heavy atom. The van der Waals surface area contributed by atoms with E-state index in [9.17, 15) is 0 Å². The molecule has 0 amide bonds. The Morgan fingerprint density at radius 1 is 1.65 bits per heavy atom. The number of halogens is 1. The number of rotatable bonds is 6. The van der Waals surface area contributed by atoms with Gasteiger partial charge in [0.15, 0.2) is 0 Å². The topological polar surface area (TPSA) is 48.2 Å². The molecule has 4 heteroatoms. The molecule has 0 saturated heterocycles. The largest absolute Gasteiger partial charge is 0.298 e. The normalized spacial score (nSPS) is 20.9. The third-order valence-electron chi connectivity index (χ3n) is 2.81. The summed E-state index contributed by atoms with van der Waals surface area (Å²) in [5, 5.41) is 12.1. The van der Waals surface area contributed by atoms with Gasteiger partial charge in [0.25, 0.3) is 0 Å². The summed E-state index contributed by atoms with van der Waals surface area (Å²) >= 11 is 6.15. The van der Waals surface area contributed by atoms with Crippen LogP contribution in [0.2, 0.25) is 0 Å². The van der Waals surface area contributed by atoms with Crippen LogP contribution in [-0.2, 0) is 0 Å². The van der Waals surface area contributed by atoms with Crippen molar-refractivity contribution in [1.29, 1.82) is 5.26 Å². The summed E-state index contributed by atoms with van der Waals surface area (Å²) in [6, 6.07) is 2.15. The molecule has 0 bridgehead atoms. The van der Waals surface area contributed by atoms with Crippen LogP contribution in [0, 0.1) is 11.3 Å². The highest BCUT2D eigenvalue weighted by Crippen LogP contribution is 2.19. The van der Waals surface area contributed by atoms with E-state index in [2.05, 4.69) is 22.5 Å². The van der Waals surface area contributed by atoms with E-state index >= 15 is 0 Å². The molecule has 0 aromatic heterocycles. The lowest BCUT2D eigenvalue weighted by molar-refractivity contribution is 0.621. The molecular formula is C13H20ClN3. The second kappa shape index (κ2) is 8.27. The first-order chi connectivity index (χ1) is 8.27. The lowest BCUT2D eigenvalue weighted by atomic mass is 10.0. The highest BCUT2D eigenvalue weighted by atomic mass is 35.5. The van der Waals surface area contributed by atoms with E-state index in [1.54, 1.807) is 0 Å². The molecule has 3 nitrogen and oxygen atoms in total. The van der Waals surface area contributed by atoms with E-state index in [1.165, 1.54) is 5.57 Å². The van der Waals surface area contributed by atoms with Crippen LogP contribution >= 0.6 is 11.6 Å². The van der Waals surface area contributed by atoms with E-state index in [-0.39, 0.29) is 5.50 Å². The van der Waals surface area contributed by atoms with Crippen molar-refractivity contribution in [2.24, 2.45) is 4.99 Å². The van der Waals surface area contributed by atoms with Crippen molar-refractivity contribution in [2.45, 2.75) is 44.5 Å². The maximum absolute atomic E-state index is 8.82. The molecule has 0 aromatic rings. The number of nitrogens with one attached hydrogen (secondary N) is 1. The Morgan fingerprint density at radius 3 is 3.12 bits per heavy atom. The fourth-order valence-electron chi connectivity index (χ4n) is 1.91. The van der Waals surface area contributed by atoms with Crippen molar-refractivity contribution >= 4 is 17.3 Å². The van der Waals surface area contributed by atoms with Gasteiger partial charge in [-0.15, -0.1) is 11.6 Å². The number of hydrogen-bond donors (Lipinski definition) is 1. The Hall–Kier alpha value is -0.850. The molecule has 1 aliphatic rings. The Kier molecular flexibility index (Phi) is 6.91. The Labute approximate surface area is 109 Å². The van der Waals surface area contributed by atoms with Gasteiger partial charge >= 0.3 is 0 Å². The van der Waals surface area contributed by atoms with Crippen molar-refractivity contribution in [3.05, 3.63) is 11.6 Å². The van der Waals surface area contributed by atoms with Gasteiger partial charge in [-0.2, -0.15) is 5.26 Å². The number of hydrogen-bond acceptors (Lipinski definition) is 3. The van der Waals surface area contributed by atoms with Gasteiger partial charge in [0.1, 0.15) is 17.3 Å². The van der Waals surface area contributed by atoms with Crippen molar-refractivity contribution < 1.29 is 0 Å². The molecule has 1 aliphatic heterocycles. The smallest absolute Gasteiger partial charge is 0.114 e. The summed E-state index contributed by atoms with van der Waals surface area (Å²) in [5.74, 6) is 0. The van der Waals surface area contributed by atoms with Crippen molar-refractivity contribution in [3.63, 3.8) is 0 Å². The van der Waals surface area contributed by atoms with Crippen LogP contribution in [0.25, 0.3) is 0 Å². The molecule has 1 rings (SSSR count). The summed E-state index contributed by atoms with van der Waals surface area (Å²) in [6.07, 6.45) is 7.19. The van der Waals surface area contributed by atoms with Crippen LogP contribution in [-0.4, -0.2) is 24.3 Å². The monoisotopic (exact) mass is 253 g/mol. The van der Waals surface area contributed by atoms with Crippen LogP contribution in [0.1, 0.15) is 39.0 Å². The molecule has 1 N–H and O–H groups in total. The molecule has 94 valence electrons. The van der Waals surface area contributed by atoms with Crippen LogP contribution in [0.4, 0.5) is 0 Å². The maximum Gasteiger partial charge on any atom is 0.114 e. The van der Waals surface area contributed by atoms with Gasteiger partial charge in [-0.1, -0.05) is 6.08 Å². The van der Waals surface area contributed by atoms with Crippen molar-refractivity contribution in [2.75, 3.05) is 13.1 Å². The van der Waals surface area contributed by atoms with E-state index < -0.39 is 0 Å².